The van der Waals surface area contributed by atoms with Gasteiger partial charge in [-0.2, -0.15) is 0 Å². The molecule has 0 unspecified atom stereocenters. The summed E-state index contributed by atoms with van der Waals surface area (Å²) >= 11 is 0. The highest BCUT2D eigenvalue weighted by Gasteiger charge is 2.09. The van der Waals surface area contributed by atoms with E-state index in [1.807, 2.05) is 31.2 Å². The zero-order chi connectivity index (χ0) is 16.1. The number of hydrogen-bond acceptors (Lipinski definition) is 5. The molecule has 5 nitrogen and oxygen atoms in total. The molecule has 1 aromatic heterocycles. The molecule has 0 spiro atoms. The number of rotatable bonds is 6. The molecule has 0 aliphatic carbocycles. The Kier molecular flexibility index (Phi) is 4.99. The van der Waals surface area contributed by atoms with Crippen LogP contribution in [0.25, 0.3) is 0 Å². The van der Waals surface area contributed by atoms with Gasteiger partial charge in [-0.25, -0.2) is 9.97 Å². The summed E-state index contributed by atoms with van der Waals surface area (Å²) in [5.41, 5.74) is 3.10. The Balaban J connectivity index is 2.16. The number of carbonyl (C=O) groups excluding carboxylic acids is 2. The normalized spacial score (nSPS) is 10.3. The topological polar surface area (TPSA) is 72.0 Å². The number of benzene rings is 1. The number of Topliss-reactive ketones (excluding diaryl/α,β-unsaturated/α-hetero) is 2. The number of hydrogen-bond donors (Lipinski definition) is 1. The minimum absolute atomic E-state index is 0.0306. The Morgan fingerprint density at radius 1 is 1.14 bits per heavy atom. The second-order valence-electron chi connectivity index (χ2n) is 5.16. The van der Waals surface area contributed by atoms with E-state index in [1.165, 1.54) is 6.92 Å². The van der Waals surface area contributed by atoms with Crippen molar-refractivity contribution in [3.8, 4) is 0 Å². The van der Waals surface area contributed by atoms with E-state index in [9.17, 15) is 9.59 Å². The lowest BCUT2D eigenvalue weighted by Gasteiger charge is -2.09. The molecule has 2 rings (SSSR count). The van der Waals surface area contributed by atoms with Crippen molar-refractivity contribution in [2.45, 2.75) is 33.6 Å². The zero-order valence-electron chi connectivity index (χ0n) is 13.0. The van der Waals surface area contributed by atoms with Crippen molar-refractivity contribution in [2.75, 3.05) is 5.32 Å². The summed E-state index contributed by atoms with van der Waals surface area (Å²) in [6, 6.07) is 7.56. The van der Waals surface area contributed by atoms with Crippen LogP contribution in [0.2, 0.25) is 0 Å². The van der Waals surface area contributed by atoms with Crippen molar-refractivity contribution >= 4 is 23.2 Å². The number of nitrogens with one attached hydrogen (secondary N) is 1. The van der Waals surface area contributed by atoms with Gasteiger partial charge in [0.1, 0.15) is 5.78 Å². The third kappa shape index (κ3) is 3.97. The van der Waals surface area contributed by atoms with Crippen LogP contribution in [-0.2, 0) is 17.6 Å². The van der Waals surface area contributed by atoms with Crippen molar-refractivity contribution < 1.29 is 9.59 Å². The molecule has 1 N–H and O–H groups in total. The maximum atomic E-state index is 11.5. The molecule has 1 heterocycles. The second-order valence-corrected chi connectivity index (χ2v) is 5.16. The molecule has 0 radical (unpaired) electrons. The molecule has 0 amide bonds. The van der Waals surface area contributed by atoms with Crippen LogP contribution in [0.15, 0.2) is 30.5 Å². The van der Waals surface area contributed by atoms with Crippen LogP contribution in [0.3, 0.4) is 0 Å². The number of aromatic nitrogens is 2. The van der Waals surface area contributed by atoms with Crippen molar-refractivity contribution in [2.24, 2.45) is 0 Å². The fourth-order valence-corrected chi connectivity index (χ4v) is 2.16. The van der Waals surface area contributed by atoms with Gasteiger partial charge in [0.2, 0.25) is 5.95 Å². The summed E-state index contributed by atoms with van der Waals surface area (Å²) in [6.45, 7) is 5.04. The number of aryl methyl sites for hydroxylation is 1. The molecular weight excluding hydrogens is 278 g/mol. The quantitative estimate of drug-likeness (QED) is 0.829. The molecule has 2 aromatic rings. The predicted molar refractivity (Wildman–Crippen MR) is 85.5 cm³/mol. The van der Waals surface area contributed by atoms with E-state index in [0.29, 0.717) is 24.4 Å². The zero-order valence-corrected chi connectivity index (χ0v) is 13.0. The summed E-state index contributed by atoms with van der Waals surface area (Å²) in [5, 5.41) is 3.11. The van der Waals surface area contributed by atoms with Gasteiger partial charge in [-0.05, 0) is 38.0 Å². The SMILES string of the molecule is CCc1nc(Nc2ccc(CC(C)=O)cc2)ncc1C(C)=O. The van der Waals surface area contributed by atoms with Crippen LogP contribution in [0, 0.1) is 0 Å². The third-order valence-electron chi connectivity index (χ3n) is 3.25. The number of anilines is 2. The molecule has 0 saturated carbocycles. The first-order valence-corrected chi connectivity index (χ1v) is 7.22. The molecule has 22 heavy (non-hydrogen) atoms. The molecule has 1 aromatic carbocycles. The van der Waals surface area contributed by atoms with Crippen molar-refractivity contribution in [1.29, 1.82) is 0 Å². The Morgan fingerprint density at radius 3 is 2.36 bits per heavy atom. The first-order chi connectivity index (χ1) is 10.5. The van der Waals surface area contributed by atoms with E-state index in [0.717, 1.165) is 16.9 Å². The average Bonchev–Trinajstić information content (AvgIpc) is 2.48. The molecule has 0 aliphatic rings. The standard InChI is InChI=1S/C17H19N3O2/c1-4-16-15(12(3)22)10-18-17(20-16)19-14-7-5-13(6-8-14)9-11(2)21/h5-8,10H,4,9H2,1-3H3,(H,18,19,20). The highest BCUT2D eigenvalue weighted by Crippen LogP contribution is 2.16. The lowest BCUT2D eigenvalue weighted by Crippen LogP contribution is -2.06. The molecule has 0 bridgehead atoms. The van der Waals surface area contributed by atoms with Gasteiger partial charge in [0.05, 0.1) is 11.3 Å². The van der Waals surface area contributed by atoms with Crippen molar-refractivity contribution in [3.05, 3.63) is 47.3 Å². The Hall–Kier alpha value is -2.56. The van der Waals surface area contributed by atoms with Crippen LogP contribution >= 0.6 is 0 Å². The van der Waals surface area contributed by atoms with E-state index in [1.54, 1.807) is 13.1 Å². The second kappa shape index (κ2) is 6.93. The Labute approximate surface area is 129 Å². The average molecular weight is 297 g/mol. The lowest BCUT2D eigenvalue weighted by molar-refractivity contribution is -0.116. The third-order valence-corrected chi connectivity index (χ3v) is 3.25. The first-order valence-electron chi connectivity index (χ1n) is 7.22. The van der Waals surface area contributed by atoms with E-state index < -0.39 is 0 Å². The summed E-state index contributed by atoms with van der Waals surface area (Å²) < 4.78 is 0. The number of ketones is 2. The van der Waals surface area contributed by atoms with Gasteiger partial charge < -0.3 is 5.32 Å². The Bertz CT molecular complexity index is 694. The van der Waals surface area contributed by atoms with Gasteiger partial charge in [0.15, 0.2) is 5.78 Å². The highest BCUT2D eigenvalue weighted by atomic mass is 16.1. The van der Waals surface area contributed by atoms with Crippen LogP contribution in [0.1, 0.15) is 42.4 Å². The fourth-order valence-electron chi connectivity index (χ4n) is 2.16. The summed E-state index contributed by atoms with van der Waals surface area (Å²) in [7, 11) is 0. The summed E-state index contributed by atoms with van der Waals surface area (Å²) in [4.78, 5) is 31.1. The maximum Gasteiger partial charge on any atom is 0.227 e. The maximum absolute atomic E-state index is 11.5. The van der Waals surface area contributed by atoms with Gasteiger partial charge in [0.25, 0.3) is 0 Å². The van der Waals surface area contributed by atoms with Crippen molar-refractivity contribution in [3.63, 3.8) is 0 Å². The molecule has 114 valence electrons. The van der Waals surface area contributed by atoms with Crippen LogP contribution in [0.5, 0.6) is 0 Å². The van der Waals surface area contributed by atoms with Crippen LogP contribution in [0.4, 0.5) is 11.6 Å². The number of carbonyl (C=O) groups is 2. The molecule has 0 aliphatic heterocycles. The minimum atomic E-state index is -0.0306. The predicted octanol–water partition coefficient (Wildman–Crippen LogP) is 3.12. The first kappa shape index (κ1) is 15.8. The van der Waals surface area contributed by atoms with Crippen molar-refractivity contribution in [1.82, 2.24) is 9.97 Å². The van der Waals surface area contributed by atoms with Gasteiger partial charge in [0, 0.05) is 18.3 Å². The smallest absolute Gasteiger partial charge is 0.227 e. The molecule has 5 heteroatoms. The monoisotopic (exact) mass is 297 g/mol. The summed E-state index contributed by atoms with van der Waals surface area (Å²) in [6.07, 6.45) is 2.66. The van der Waals surface area contributed by atoms with Crippen LogP contribution < -0.4 is 5.32 Å². The van der Waals surface area contributed by atoms with Gasteiger partial charge in [-0.3, -0.25) is 9.59 Å². The van der Waals surface area contributed by atoms with Gasteiger partial charge >= 0.3 is 0 Å². The molecule has 0 saturated heterocycles. The van der Waals surface area contributed by atoms with Gasteiger partial charge in [-0.1, -0.05) is 19.1 Å². The largest absolute Gasteiger partial charge is 0.324 e. The van der Waals surface area contributed by atoms with E-state index in [-0.39, 0.29) is 11.6 Å². The fraction of sp³-hybridized carbons (Fsp3) is 0.294. The van der Waals surface area contributed by atoms with E-state index >= 15 is 0 Å². The Morgan fingerprint density at radius 2 is 1.82 bits per heavy atom. The number of nitrogens with zero attached hydrogens (tertiary/aromatic N) is 2. The van der Waals surface area contributed by atoms with E-state index in [4.69, 9.17) is 0 Å². The van der Waals surface area contributed by atoms with Gasteiger partial charge in [-0.15, -0.1) is 0 Å². The van der Waals surface area contributed by atoms with Crippen LogP contribution in [-0.4, -0.2) is 21.5 Å². The summed E-state index contributed by atoms with van der Waals surface area (Å²) in [5.74, 6) is 0.564. The molecule has 0 fully saturated rings. The minimum Gasteiger partial charge on any atom is -0.324 e. The lowest BCUT2D eigenvalue weighted by atomic mass is 10.1. The molecule has 0 atom stereocenters. The molecular formula is C17H19N3O2. The van der Waals surface area contributed by atoms with E-state index in [2.05, 4.69) is 15.3 Å². The highest BCUT2D eigenvalue weighted by molar-refractivity contribution is 5.94.